The highest BCUT2D eigenvalue weighted by molar-refractivity contribution is 5.67. The first-order valence-electron chi connectivity index (χ1n) is 5.92. The number of rotatable bonds is 4. The number of nitrogens with zero attached hydrogens (tertiary/aromatic N) is 2. The molecule has 0 saturated heterocycles. The molecule has 2 aromatic rings. The Balaban J connectivity index is 2.37. The molecule has 0 radical (unpaired) electrons. The lowest BCUT2D eigenvalue weighted by molar-refractivity contribution is -0.137. The van der Waals surface area contributed by atoms with Crippen LogP contribution in [0.5, 0.6) is 5.75 Å². The summed E-state index contributed by atoms with van der Waals surface area (Å²) >= 11 is 0. The Morgan fingerprint density at radius 1 is 1.42 bits per heavy atom. The Hall–Kier alpha value is -2.30. The maximum Gasteiger partial charge on any atom is 0.323 e. The van der Waals surface area contributed by atoms with E-state index in [0.29, 0.717) is 5.82 Å². The van der Waals surface area contributed by atoms with Crippen molar-refractivity contribution in [2.24, 2.45) is 0 Å². The molecule has 2 rings (SSSR count). The van der Waals surface area contributed by atoms with Gasteiger partial charge >= 0.3 is 5.97 Å². The summed E-state index contributed by atoms with van der Waals surface area (Å²) in [5, 5.41) is 8.82. The Labute approximate surface area is 111 Å². The lowest BCUT2D eigenvalue weighted by atomic mass is 10.1. The predicted octanol–water partition coefficient (Wildman–Crippen LogP) is 2.26. The molecule has 1 aromatic carbocycles. The molecule has 0 amide bonds. The van der Waals surface area contributed by atoms with Crippen molar-refractivity contribution < 1.29 is 14.6 Å². The van der Waals surface area contributed by atoms with E-state index in [1.807, 2.05) is 25.1 Å². The largest absolute Gasteiger partial charge is 0.496 e. The first-order valence-corrected chi connectivity index (χ1v) is 5.92. The summed E-state index contributed by atoms with van der Waals surface area (Å²) in [6.07, 6.45) is 1.75. The van der Waals surface area contributed by atoms with Gasteiger partial charge in [-0.25, -0.2) is 4.98 Å². The Morgan fingerprint density at radius 2 is 2.16 bits per heavy atom. The number of aliphatic carboxylic acids is 1. The average molecular weight is 260 g/mol. The van der Waals surface area contributed by atoms with Crippen molar-refractivity contribution in [3.63, 3.8) is 0 Å². The number of benzene rings is 1. The van der Waals surface area contributed by atoms with Gasteiger partial charge in [-0.2, -0.15) is 0 Å². The van der Waals surface area contributed by atoms with Crippen LogP contribution in [0.4, 0.5) is 0 Å². The third kappa shape index (κ3) is 2.76. The van der Waals surface area contributed by atoms with E-state index in [9.17, 15) is 4.79 Å². The van der Waals surface area contributed by atoms with Crippen molar-refractivity contribution in [3.05, 3.63) is 35.8 Å². The maximum absolute atomic E-state index is 10.7. The van der Waals surface area contributed by atoms with E-state index >= 15 is 0 Å². The second kappa shape index (κ2) is 5.14. The number of methoxy groups -OCH3 is 1. The van der Waals surface area contributed by atoms with Crippen molar-refractivity contribution in [2.45, 2.75) is 20.4 Å². The topological polar surface area (TPSA) is 64.3 Å². The van der Waals surface area contributed by atoms with Crippen LogP contribution >= 0.6 is 0 Å². The quantitative estimate of drug-likeness (QED) is 0.915. The number of ether oxygens (including phenoxy) is 1. The summed E-state index contributed by atoms with van der Waals surface area (Å²) < 4.78 is 6.84. The van der Waals surface area contributed by atoms with Gasteiger partial charge in [0.15, 0.2) is 0 Å². The van der Waals surface area contributed by atoms with Crippen LogP contribution in [0.1, 0.15) is 11.4 Å². The van der Waals surface area contributed by atoms with Gasteiger partial charge in [-0.1, -0.05) is 0 Å². The van der Waals surface area contributed by atoms with Gasteiger partial charge in [0.2, 0.25) is 0 Å². The number of aromatic nitrogens is 2. The zero-order valence-electron chi connectivity index (χ0n) is 11.2. The highest BCUT2D eigenvalue weighted by Gasteiger charge is 2.10. The number of aryl methyl sites for hydroxylation is 2. The molecule has 1 heterocycles. The molecule has 1 N–H and O–H groups in total. The van der Waals surface area contributed by atoms with Crippen LogP contribution in [-0.4, -0.2) is 27.7 Å². The second-order valence-electron chi connectivity index (χ2n) is 4.38. The Kier molecular flexibility index (Phi) is 3.55. The van der Waals surface area contributed by atoms with E-state index in [2.05, 4.69) is 4.98 Å². The molecule has 0 spiro atoms. The molecule has 0 aliphatic carbocycles. The van der Waals surface area contributed by atoms with Crippen LogP contribution < -0.4 is 4.74 Å². The van der Waals surface area contributed by atoms with Gasteiger partial charge in [-0.05, 0) is 37.6 Å². The number of carbonyl (C=O) groups is 1. The van der Waals surface area contributed by atoms with E-state index in [0.717, 1.165) is 22.6 Å². The van der Waals surface area contributed by atoms with Gasteiger partial charge in [0, 0.05) is 11.8 Å². The van der Waals surface area contributed by atoms with Gasteiger partial charge in [-0.3, -0.25) is 4.79 Å². The van der Waals surface area contributed by atoms with Gasteiger partial charge in [0.05, 0.1) is 12.8 Å². The molecule has 19 heavy (non-hydrogen) atoms. The normalized spacial score (nSPS) is 10.5. The standard InChI is InChI=1S/C14H16N2O3/c1-9-6-11(4-5-13(9)19-3)12-7-16(8-14(17)18)10(2)15-12/h4-7H,8H2,1-3H3,(H,17,18). The number of hydrogen-bond donors (Lipinski definition) is 1. The summed E-state index contributed by atoms with van der Waals surface area (Å²) in [4.78, 5) is 15.1. The number of imidazole rings is 1. The summed E-state index contributed by atoms with van der Waals surface area (Å²) in [6, 6.07) is 5.78. The number of hydrogen-bond acceptors (Lipinski definition) is 3. The minimum atomic E-state index is -0.877. The minimum absolute atomic E-state index is 0.0754. The summed E-state index contributed by atoms with van der Waals surface area (Å²) in [5.41, 5.74) is 2.74. The lowest BCUT2D eigenvalue weighted by Gasteiger charge is -2.05. The van der Waals surface area contributed by atoms with Gasteiger partial charge in [0.25, 0.3) is 0 Å². The number of carboxylic acids is 1. The summed E-state index contributed by atoms with van der Waals surface area (Å²) in [6.45, 7) is 3.68. The molecule has 1 aromatic heterocycles. The monoisotopic (exact) mass is 260 g/mol. The lowest BCUT2D eigenvalue weighted by Crippen LogP contribution is -2.08. The molecule has 0 bridgehead atoms. The third-order valence-corrected chi connectivity index (χ3v) is 2.97. The Morgan fingerprint density at radius 3 is 2.74 bits per heavy atom. The van der Waals surface area contributed by atoms with Gasteiger partial charge < -0.3 is 14.4 Å². The molecule has 5 heteroatoms. The van der Waals surface area contributed by atoms with Crippen molar-refractivity contribution in [1.82, 2.24) is 9.55 Å². The molecular formula is C14H16N2O3. The summed E-state index contributed by atoms with van der Waals surface area (Å²) in [5.74, 6) is 0.634. The van der Waals surface area contributed by atoms with E-state index in [1.54, 1.807) is 24.8 Å². The fraction of sp³-hybridized carbons (Fsp3) is 0.286. The first kappa shape index (κ1) is 13.1. The molecular weight excluding hydrogens is 244 g/mol. The molecule has 0 atom stereocenters. The maximum atomic E-state index is 10.7. The zero-order valence-corrected chi connectivity index (χ0v) is 11.2. The van der Waals surface area contributed by atoms with Gasteiger partial charge in [0.1, 0.15) is 18.1 Å². The van der Waals surface area contributed by atoms with Crippen molar-refractivity contribution in [3.8, 4) is 17.0 Å². The van der Waals surface area contributed by atoms with Crippen LogP contribution in [0.15, 0.2) is 24.4 Å². The molecule has 0 fully saturated rings. The van der Waals surface area contributed by atoms with E-state index in [4.69, 9.17) is 9.84 Å². The van der Waals surface area contributed by atoms with Crippen LogP contribution in [0, 0.1) is 13.8 Å². The van der Waals surface area contributed by atoms with Crippen molar-refractivity contribution in [1.29, 1.82) is 0 Å². The van der Waals surface area contributed by atoms with Crippen LogP contribution in [-0.2, 0) is 11.3 Å². The summed E-state index contributed by atoms with van der Waals surface area (Å²) in [7, 11) is 1.63. The fourth-order valence-electron chi connectivity index (χ4n) is 1.99. The number of carboxylic acid groups (broad SMARTS) is 1. The van der Waals surface area contributed by atoms with Crippen molar-refractivity contribution in [2.75, 3.05) is 7.11 Å². The first-order chi connectivity index (χ1) is 9.01. The molecule has 0 unspecified atom stereocenters. The molecule has 0 aliphatic rings. The molecule has 5 nitrogen and oxygen atoms in total. The third-order valence-electron chi connectivity index (χ3n) is 2.97. The highest BCUT2D eigenvalue weighted by Crippen LogP contribution is 2.25. The predicted molar refractivity (Wildman–Crippen MR) is 71.3 cm³/mol. The molecule has 0 saturated carbocycles. The van der Waals surface area contributed by atoms with Crippen LogP contribution in [0.2, 0.25) is 0 Å². The van der Waals surface area contributed by atoms with Crippen molar-refractivity contribution >= 4 is 5.97 Å². The van der Waals surface area contributed by atoms with Crippen LogP contribution in [0.25, 0.3) is 11.3 Å². The average Bonchev–Trinajstić information content (AvgIpc) is 2.70. The van der Waals surface area contributed by atoms with Gasteiger partial charge in [-0.15, -0.1) is 0 Å². The van der Waals surface area contributed by atoms with E-state index < -0.39 is 5.97 Å². The highest BCUT2D eigenvalue weighted by atomic mass is 16.5. The smallest absolute Gasteiger partial charge is 0.323 e. The Bertz CT molecular complexity index is 617. The second-order valence-corrected chi connectivity index (χ2v) is 4.38. The van der Waals surface area contributed by atoms with Crippen LogP contribution in [0.3, 0.4) is 0 Å². The molecule has 0 aliphatic heterocycles. The minimum Gasteiger partial charge on any atom is -0.496 e. The van der Waals surface area contributed by atoms with E-state index in [-0.39, 0.29) is 6.54 Å². The fourth-order valence-corrected chi connectivity index (χ4v) is 1.99. The molecule has 100 valence electrons. The zero-order chi connectivity index (χ0) is 14.0. The SMILES string of the molecule is COc1ccc(-c2cn(CC(=O)O)c(C)n2)cc1C. The van der Waals surface area contributed by atoms with E-state index in [1.165, 1.54) is 0 Å².